The third kappa shape index (κ3) is 2.59. The van der Waals surface area contributed by atoms with Crippen LogP contribution in [0.4, 0.5) is 11.9 Å². The number of anilines is 2. The van der Waals surface area contributed by atoms with Crippen LogP contribution in [0, 0.1) is 0 Å². The predicted octanol–water partition coefficient (Wildman–Crippen LogP) is -0.937. The summed E-state index contributed by atoms with van der Waals surface area (Å²) in [5.41, 5.74) is 0. The molecule has 2 aromatic heterocycles. The highest BCUT2D eigenvalue weighted by atomic mass is 32.2. The van der Waals surface area contributed by atoms with Gasteiger partial charge in [-0.05, 0) is 0 Å². The lowest BCUT2D eigenvalue weighted by Gasteiger charge is -2.26. The molecule has 0 radical (unpaired) electrons. The van der Waals surface area contributed by atoms with Gasteiger partial charge in [0.1, 0.15) is 12.7 Å². The maximum absolute atomic E-state index is 11.4. The Labute approximate surface area is 117 Å². The Bertz CT molecular complexity index is 606. The monoisotopic (exact) mass is 294 g/mol. The predicted molar refractivity (Wildman–Crippen MR) is 74.4 cm³/mol. The first-order valence-corrected chi connectivity index (χ1v) is 7.64. The van der Waals surface area contributed by atoms with Crippen molar-refractivity contribution in [2.75, 3.05) is 41.9 Å². The van der Waals surface area contributed by atoms with Gasteiger partial charge in [0.15, 0.2) is 0 Å². The quantitative estimate of drug-likeness (QED) is 0.774. The molecule has 10 heteroatoms. The van der Waals surface area contributed by atoms with Crippen LogP contribution in [0.2, 0.25) is 0 Å². The van der Waals surface area contributed by atoms with Crippen LogP contribution < -0.4 is 10.2 Å². The molecule has 1 N–H and O–H groups in total. The van der Waals surface area contributed by atoms with Crippen molar-refractivity contribution in [1.29, 1.82) is 0 Å². The Balaban J connectivity index is 1.94. The number of hydrogen-bond donors (Lipinski definition) is 1. The zero-order valence-electron chi connectivity index (χ0n) is 10.9. The molecule has 3 heterocycles. The summed E-state index contributed by atoms with van der Waals surface area (Å²) in [7, 11) is 1.01. The van der Waals surface area contributed by atoms with Crippen molar-refractivity contribution in [3.05, 3.63) is 12.7 Å². The molecule has 0 bridgehead atoms. The van der Waals surface area contributed by atoms with Gasteiger partial charge in [-0.1, -0.05) is 0 Å². The van der Waals surface area contributed by atoms with E-state index in [1.54, 1.807) is 7.05 Å². The second-order valence-electron chi connectivity index (χ2n) is 4.18. The minimum Gasteiger partial charge on any atom is -0.357 e. The largest absolute Gasteiger partial charge is 0.357 e. The summed E-state index contributed by atoms with van der Waals surface area (Å²) >= 11 is 0. The van der Waals surface area contributed by atoms with Gasteiger partial charge in [0.25, 0.3) is 5.95 Å². The lowest BCUT2D eigenvalue weighted by Crippen LogP contribution is -2.39. The molecule has 9 nitrogen and oxygen atoms in total. The van der Waals surface area contributed by atoms with E-state index in [9.17, 15) is 4.21 Å². The highest BCUT2D eigenvalue weighted by Gasteiger charge is 2.19. The van der Waals surface area contributed by atoms with E-state index in [-0.39, 0.29) is 0 Å². The zero-order valence-corrected chi connectivity index (χ0v) is 11.7. The van der Waals surface area contributed by atoms with Crippen molar-refractivity contribution in [2.24, 2.45) is 0 Å². The summed E-state index contributed by atoms with van der Waals surface area (Å²) in [6.45, 7) is 1.35. The molecule has 20 heavy (non-hydrogen) atoms. The van der Waals surface area contributed by atoms with Crippen molar-refractivity contribution in [2.45, 2.75) is 0 Å². The van der Waals surface area contributed by atoms with Crippen LogP contribution in [0.1, 0.15) is 0 Å². The summed E-state index contributed by atoms with van der Waals surface area (Å²) in [5, 5.41) is 6.93. The first-order valence-electron chi connectivity index (χ1n) is 6.15. The number of rotatable bonds is 3. The SMILES string of the molecule is CNc1nc(N2CCS(=O)CC2)nc(-n2cncn2)n1. The van der Waals surface area contributed by atoms with E-state index < -0.39 is 10.8 Å². The Morgan fingerprint density at radius 1 is 1.20 bits per heavy atom. The summed E-state index contributed by atoms with van der Waals surface area (Å²) in [4.78, 5) is 18.9. The van der Waals surface area contributed by atoms with Crippen molar-refractivity contribution in [3.8, 4) is 5.95 Å². The van der Waals surface area contributed by atoms with E-state index >= 15 is 0 Å². The third-order valence-corrected chi connectivity index (χ3v) is 4.20. The Morgan fingerprint density at radius 3 is 2.60 bits per heavy atom. The van der Waals surface area contributed by atoms with Gasteiger partial charge in [0.2, 0.25) is 11.9 Å². The second kappa shape index (κ2) is 5.49. The van der Waals surface area contributed by atoms with Gasteiger partial charge in [-0.2, -0.15) is 24.7 Å². The fourth-order valence-electron chi connectivity index (χ4n) is 1.86. The molecule has 0 atom stereocenters. The van der Waals surface area contributed by atoms with Crippen LogP contribution in [-0.4, -0.2) is 65.6 Å². The van der Waals surface area contributed by atoms with Crippen molar-refractivity contribution >= 4 is 22.7 Å². The average molecular weight is 294 g/mol. The molecule has 1 aliphatic rings. The first kappa shape index (κ1) is 12.9. The second-order valence-corrected chi connectivity index (χ2v) is 5.88. The average Bonchev–Trinajstić information content (AvgIpc) is 3.02. The van der Waals surface area contributed by atoms with E-state index in [0.717, 1.165) is 0 Å². The molecule has 0 aliphatic carbocycles. The van der Waals surface area contributed by atoms with Crippen LogP contribution in [0.25, 0.3) is 5.95 Å². The molecule has 3 rings (SSSR count). The van der Waals surface area contributed by atoms with E-state index in [1.807, 2.05) is 4.90 Å². The van der Waals surface area contributed by atoms with Crippen LogP contribution in [0.5, 0.6) is 0 Å². The Kier molecular flexibility index (Phi) is 3.54. The van der Waals surface area contributed by atoms with E-state index in [2.05, 4.69) is 30.4 Å². The zero-order chi connectivity index (χ0) is 13.9. The van der Waals surface area contributed by atoms with Gasteiger partial charge >= 0.3 is 0 Å². The van der Waals surface area contributed by atoms with E-state index in [0.29, 0.717) is 42.4 Å². The van der Waals surface area contributed by atoms with Gasteiger partial charge in [0, 0.05) is 42.4 Å². The van der Waals surface area contributed by atoms with Gasteiger partial charge < -0.3 is 10.2 Å². The number of hydrogen-bond acceptors (Lipinski definition) is 8. The molecule has 1 saturated heterocycles. The summed E-state index contributed by atoms with van der Waals surface area (Å²) in [6, 6.07) is 0. The third-order valence-electron chi connectivity index (χ3n) is 2.92. The molecule has 1 aliphatic heterocycles. The van der Waals surface area contributed by atoms with Gasteiger partial charge in [-0.15, -0.1) is 0 Å². The fraction of sp³-hybridized carbons (Fsp3) is 0.500. The van der Waals surface area contributed by atoms with Gasteiger partial charge in [-0.3, -0.25) is 4.21 Å². The molecule has 0 spiro atoms. The Hall–Kier alpha value is -2.10. The molecule has 2 aromatic rings. The fourth-order valence-corrected chi connectivity index (χ4v) is 2.91. The Morgan fingerprint density at radius 2 is 1.95 bits per heavy atom. The van der Waals surface area contributed by atoms with Crippen LogP contribution in [0.3, 0.4) is 0 Å². The highest BCUT2D eigenvalue weighted by Crippen LogP contribution is 2.14. The molecule has 0 saturated carbocycles. The number of nitrogens with one attached hydrogen (secondary N) is 1. The van der Waals surface area contributed by atoms with Gasteiger partial charge in [-0.25, -0.2) is 4.98 Å². The maximum Gasteiger partial charge on any atom is 0.258 e. The van der Waals surface area contributed by atoms with Crippen molar-refractivity contribution < 1.29 is 4.21 Å². The summed E-state index contributed by atoms with van der Waals surface area (Å²) in [5.74, 6) is 2.71. The summed E-state index contributed by atoms with van der Waals surface area (Å²) in [6.07, 6.45) is 2.95. The minimum atomic E-state index is -0.733. The molecule has 0 unspecified atom stereocenters. The lowest BCUT2D eigenvalue weighted by molar-refractivity contribution is 0.670. The molecule has 106 valence electrons. The normalized spacial score (nSPS) is 16.4. The van der Waals surface area contributed by atoms with E-state index in [4.69, 9.17) is 0 Å². The number of aromatic nitrogens is 6. The van der Waals surface area contributed by atoms with Crippen LogP contribution in [0.15, 0.2) is 12.7 Å². The molecular weight excluding hydrogens is 280 g/mol. The molecule has 1 fully saturated rings. The maximum atomic E-state index is 11.4. The number of nitrogens with zero attached hydrogens (tertiary/aromatic N) is 7. The van der Waals surface area contributed by atoms with E-state index in [1.165, 1.54) is 17.3 Å². The van der Waals surface area contributed by atoms with Crippen LogP contribution >= 0.6 is 0 Å². The van der Waals surface area contributed by atoms with Crippen molar-refractivity contribution in [1.82, 2.24) is 29.7 Å². The molecule has 0 aromatic carbocycles. The lowest BCUT2D eigenvalue weighted by atomic mass is 10.5. The summed E-state index contributed by atoms with van der Waals surface area (Å²) < 4.78 is 12.9. The smallest absolute Gasteiger partial charge is 0.258 e. The van der Waals surface area contributed by atoms with Crippen LogP contribution in [-0.2, 0) is 10.8 Å². The highest BCUT2D eigenvalue weighted by molar-refractivity contribution is 7.85. The van der Waals surface area contributed by atoms with Crippen molar-refractivity contribution in [3.63, 3.8) is 0 Å². The molecular formula is C10H14N8OS. The topological polar surface area (TPSA) is 102 Å². The minimum absolute atomic E-state index is 0.406. The first-order chi connectivity index (χ1) is 9.76. The van der Waals surface area contributed by atoms with Gasteiger partial charge in [0.05, 0.1) is 0 Å². The molecule has 0 amide bonds. The standard InChI is InChI=1S/C10H14N8OS/c1-11-8-14-9(17-2-4-20(19)5-3-17)16-10(15-8)18-7-12-6-13-18/h6-7H,2-5H2,1H3,(H,11,14,15,16).